The highest BCUT2D eigenvalue weighted by molar-refractivity contribution is 7.16. The first-order chi connectivity index (χ1) is 19.2. The van der Waals surface area contributed by atoms with Crippen LogP contribution in [0.15, 0.2) is 72.8 Å². The minimum absolute atomic E-state index is 0.494. The normalized spacial score (nSPS) is 14.3. The average molecular weight is 677 g/mol. The van der Waals surface area contributed by atoms with E-state index in [0.717, 1.165) is 9.75 Å². The lowest BCUT2D eigenvalue weighted by Gasteiger charge is -2.26. The quantitative estimate of drug-likeness (QED) is 0.156. The van der Waals surface area contributed by atoms with Gasteiger partial charge in [-0.2, -0.15) is 0 Å². The summed E-state index contributed by atoms with van der Waals surface area (Å²) in [5.41, 5.74) is 6.65. The maximum Gasteiger partial charge on any atom is 0.408 e. The molecular formula is C29H30Cl4N2O4S2. The van der Waals surface area contributed by atoms with Crippen LogP contribution in [0, 0.1) is 0 Å². The monoisotopic (exact) mass is 674 g/mol. The van der Waals surface area contributed by atoms with E-state index in [0.29, 0.717) is 29.8 Å². The number of alkyl carbamates (subject to hydrolysis) is 1. The number of carbonyl (C=O) groups excluding carboxylic acids is 1. The molecule has 0 aliphatic rings. The zero-order chi connectivity index (χ0) is 30.3. The van der Waals surface area contributed by atoms with Crippen LogP contribution in [0.5, 0.6) is 0 Å². The third-order valence-electron chi connectivity index (χ3n) is 5.53. The molecule has 6 nitrogen and oxygen atoms in total. The summed E-state index contributed by atoms with van der Waals surface area (Å²) in [6.07, 6.45) is -2.40. The Morgan fingerprint density at radius 1 is 0.805 bits per heavy atom. The van der Waals surface area contributed by atoms with Gasteiger partial charge in [0, 0.05) is 19.8 Å². The Morgan fingerprint density at radius 3 is 1.73 bits per heavy atom. The third kappa shape index (κ3) is 10.4. The number of benzene rings is 2. The van der Waals surface area contributed by atoms with Crippen molar-refractivity contribution in [2.45, 2.75) is 50.7 Å². The van der Waals surface area contributed by atoms with Gasteiger partial charge in [-0.05, 0) is 80.4 Å². The van der Waals surface area contributed by atoms with E-state index < -0.39 is 36.0 Å². The number of aliphatic hydroxyl groups is 2. The molecule has 1 amide bonds. The van der Waals surface area contributed by atoms with Crippen LogP contribution >= 0.6 is 69.1 Å². The van der Waals surface area contributed by atoms with E-state index in [-0.39, 0.29) is 0 Å². The van der Waals surface area contributed by atoms with Gasteiger partial charge in [0.15, 0.2) is 0 Å². The smallest absolute Gasteiger partial charge is 0.408 e. The van der Waals surface area contributed by atoms with Crippen LogP contribution in [-0.2, 0) is 4.74 Å². The largest absolute Gasteiger partial charge is 0.444 e. The van der Waals surface area contributed by atoms with Gasteiger partial charge in [-0.15, -0.1) is 22.7 Å². The van der Waals surface area contributed by atoms with Crippen molar-refractivity contribution >= 4 is 75.2 Å². The van der Waals surface area contributed by atoms with E-state index in [1.54, 1.807) is 87.5 Å². The van der Waals surface area contributed by atoms with Crippen LogP contribution in [0.25, 0.3) is 0 Å². The molecule has 2 heterocycles. The number of thiophene rings is 2. The Bertz CT molecular complexity index is 1440. The molecule has 0 saturated carbocycles. The molecule has 5 N–H and O–H groups in total. The lowest BCUT2D eigenvalue weighted by Crippen LogP contribution is -2.37. The second kappa shape index (κ2) is 15.0. The lowest BCUT2D eigenvalue weighted by atomic mass is 10.0. The maximum atomic E-state index is 12.2. The summed E-state index contributed by atoms with van der Waals surface area (Å²) in [5.74, 6) is 0. The number of hydrogen-bond acceptors (Lipinski definition) is 7. The molecule has 4 aromatic rings. The minimum atomic E-state index is -0.995. The van der Waals surface area contributed by atoms with Gasteiger partial charge in [0.05, 0.1) is 26.9 Å². The first-order valence-corrected chi connectivity index (χ1v) is 15.5. The van der Waals surface area contributed by atoms with Gasteiger partial charge in [-0.3, -0.25) is 0 Å². The molecule has 0 unspecified atom stereocenters. The Morgan fingerprint density at radius 2 is 1.29 bits per heavy atom. The number of nitrogens with two attached hydrogens (primary N) is 1. The summed E-state index contributed by atoms with van der Waals surface area (Å²) >= 11 is 26.4. The number of ether oxygens (including phenoxy) is 1. The van der Waals surface area contributed by atoms with Crippen LogP contribution in [0.2, 0.25) is 18.7 Å². The number of carbonyl (C=O) groups is 1. The molecule has 4 atom stereocenters. The fourth-order valence-corrected chi connectivity index (χ4v) is 6.31. The Labute approximate surface area is 267 Å². The molecule has 0 saturated heterocycles. The topological polar surface area (TPSA) is 105 Å². The van der Waals surface area contributed by atoms with Crippen molar-refractivity contribution < 1.29 is 19.7 Å². The summed E-state index contributed by atoms with van der Waals surface area (Å²) < 4.78 is 6.52. The van der Waals surface area contributed by atoms with Crippen molar-refractivity contribution in [1.82, 2.24) is 5.32 Å². The van der Waals surface area contributed by atoms with E-state index in [2.05, 4.69) is 5.32 Å². The van der Waals surface area contributed by atoms with E-state index in [1.807, 2.05) is 6.07 Å². The number of nitrogens with one attached hydrogen (secondary N) is 1. The highest BCUT2D eigenvalue weighted by Crippen LogP contribution is 2.36. The molecule has 0 bridgehead atoms. The third-order valence-corrected chi connectivity index (χ3v) is 8.65. The van der Waals surface area contributed by atoms with Crippen molar-refractivity contribution in [2.75, 3.05) is 0 Å². The minimum Gasteiger partial charge on any atom is -0.444 e. The molecule has 220 valence electrons. The van der Waals surface area contributed by atoms with Crippen LogP contribution in [0.4, 0.5) is 4.79 Å². The van der Waals surface area contributed by atoms with E-state index in [9.17, 15) is 15.0 Å². The van der Waals surface area contributed by atoms with Crippen molar-refractivity contribution in [1.29, 1.82) is 0 Å². The Hall–Kier alpha value is -1.85. The van der Waals surface area contributed by atoms with Crippen LogP contribution in [0.1, 0.15) is 65.9 Å². The van der Waals surface area contributed by atoms with Gasteiger partial charge >= 0.3 is 6.09 Å². The van der Waals surface area contributed by atoms with Crippen LogP contribution < -0.4 is 11.1 Å². The highest BCUT2D eigenvalue weighted by atomic mass is 35.5. The number of aliphatic hydroxyl groups excluding tert-OH is 2. The van der Waals surface area contributed by atoms with Gasteiger partial charge in [0.1, 0.15) is 11.7 Å². The molecule has 0 fully saturated rings. The maximum absolute atomic E-state index is 12.2. The molecule has 0 aliphatic heterocycles. The van der Waals surface area contributed by atoms with Gasteiger partial charge in [0.2, 0.25) is 0 Å². The zero-order valence-corrected chi connectivity index (χ0v) is 27.0. The molecule has 0 radical (unpaired) electrons. The van der Waals surface area contributed by atoms with Gasteiger partial charge in [0.25, 0.3) is 0 Å². The van der Waals surface area contributed by atoms with Gasteiger partial charge in [-0.1, -0.05) is 70.7 Å². The van der Waals surface area contributed by atoms with E-state index in [4.69, 9.17) is 56.9 Å². The fourth-order valence-electron chi connectivity index (χ4n) is 3.68. The molecular weight excluding hydrogens is 646 g/mol. The first kappa shape index (κ1) is 33.6. The number of halogens is 4. The van der Waals surface area contributed by atoms with Gasteiger partial charge in [-0.25, -0.2) is 4.79 Å². The summed E-state index contributed by atoms with van der Waals surface area (Å²) in [6.45, 7) is 5.32. The standard InChI is InChI=1S/C17H19Cl2NO3S.C12H11Cl2NOS/c1-17(2,3)23-16(22)20-14(12-7-8-13(19)24-12)15(21)10-5-4-6-11(18)9-10;13-8-3-1-2-7(6-8)12(16)11(15)9-4-5-10(14)17-9/h4-9,14-15,21H,1-3H3,(H,20,22);1-6,11-12,16H,15H2/t14-,15-;11-,12-/m11/s1. The molecule has 12 heteroatoms. The molecule has 2 aromatic carbocycles. The molecule has 0 spiro atoms. The fraction of sp³-hybridized carbons (Fsp3) is 0.276. The van der Waals surface area contributed by atoms with E-state index >= 15 is 0 Å². The number of amides is 1. The summed E-state index contributed by atoms with van der Waals surface area (Å²) in [7, 11) is 0. The van der Waals surface area contributed by atoms with Gasteiger partial charge < -0.3 is 26.0 Å². The van der Waals surface area contributed by atoms with Crippen molar-refractivity contribution in [2.24, 2.45) is 5.73 Å². The lowest BCUT2D eigenvalue weighted by molar-refractivity contribution is 0.0422. The SMILES string of the molecule is CC(C)(C)OC(=O)N[C@H](c1ccc(Cl)s1)[C@H](O)c1cccc(Cl)c1.N[C@H](c1ccc(Cl)s1)[C@H](O)c1cccc(Cl)c1. The number of hydrogen-bond donors (Lipinski definition) is 4. The number of rotatable bonds is 7. The van der Waals surface area contributed by atoms with Crippen LogP contribution in [0.3, 0.4) is 0 Å². The van der Waals surface area contributed by atoms with Crippen molar-refractivity contribution in [3.63, 3.8) is 0 Å². The molecule has 0 aliphatic carbocycles. The summed E-state index contributed by atoms with van der Waals surface area (Å²) in [6, 6.07) is 19.8. The highest BCUT2D eigenvalue weighted by Gasteiger charge is 2.28. The molecule has 4 rings (SSSR count). The van der Waals surface area contributed by atoms with Crippen molar-refractivity contribution in [3.05, 3.63) is 112 Å². The second-order valence-electron chi connectivity index (χ2n) is 9.93. The Balaban J connectivity index is 0.000000239. The zero-order valence-electron chi connectivity index (χ0n) is 22.4. The predicted molar refractivity (Wildman–Crippen MR) is 171 cm³/mol. The second-order valence-corrected chi connectivity index (χ2v) is 14.3. The predicted octanol–water partition coefficient (Wildman–Crippen LogP) is 9.14. The van der Waals surface area contributed by atoms with Crippen molar-refractivity contribution in [3.8, 4) is 0 Å². The average Bonchev–Trinajstić information content (AvgIpc) is 3.53. The summed E-state index contributed by atoms with van der Waals surface area (Å²) in [5, 5.41) is 24.7. The first-order valence-electron chi connectivity index (χ1n) is 12.4. The summed E-state index contributed by atoms with van der Waals surface area (Å²) in [4.78, 5) is 13.7. The molecule has 2 aromatic heterocycles. The Kier molecular flexibility index (Phi) is 12.4. The van der Waals surface area contributed by atoms with E-state index in [1.165, 1.54) is 22.7 Å². The van der Waals surface area contributed by atoms with Crippen LogP contribution in [-0.4, -0.2) is 21.9 Å². The molecule has 41 heavy (non-hydrogen) atoms.